The Labute approximate surface area is 224 Å². The Morgan fingerprint density at radius 1 is 0.974 bits per heavy atom. The van der Waals surface area contributed by atoms with E-state index < -0.39 is 5.92 Å². The summed E-state index contributed by atoms with van der Waals surface area (Å²) in [5.41, 5.74) is 5.98. The van der Waals surface area contributed by atoms with Gasteiger partial charge in [-0.05, 0) is 78.4 Å². The first-order chi connectivity index (χ1) is 18.2. The molecule has 0 radical (unpaired) electrons. The van der Waals surface area contributed by atoms with Crippen LogP contribution in [0.1, 0.15) is 48.4 Å². The molecule has 38 heavy (non-hydrogen) atoms. The van der Waals surface area contributed by atoms with Crippen molar-refractivity contribution in [2.75, 3.05) is 23.4 Å². The molecule has 0 saturated carbocycles. The summed E-state index contributed by atoms with van der Waals surface area (Å²) in [7, 11) is 0. The second-order valence-electron chi connectivity index (χ2n) is 10.1. The number of nitrogens with one attached hydrogen (secondary N) is 2. The number of amides is 3. The Kier molecular flexibility index (Phi) is 8.46. The molecule has 7 nitrogen and oxygen atoms in total. The van der Waals surface area contributed by atoms with Crippen LogP contribution in [0.15, 0.2) is 66.7 Å². The number of rotatable bonds is 9. The maximum absolute atomic E-state index is 12.7. The molecule has 0 aliphatic carbocycles. The van der Waals surface area contributed by atoms with Crippen molar-refractivity contribution in [3.8, 4) is 5.75 Å². The highest BCUT2D eigenvalue weighted by Gasteiger charge is 2.35. The van der Waals surface area contributed by atoms with Crippen LogP contribution in [0.2, 0.25) is 0 Å². The highest BCUT2D eigenvalue weighted by molar-refractivity contribution is 6.00. The van der Waals surface area contributed by atoms with E-state index in [2.05, 4.69) is 36.6 Å². The zero-order chi connectivity index (χ0) is 27.2. The summed E-state index contributed by atoms with van der Waals surface area (Å²) < 4.78 is 5.61. The molecule has 3 aromatic rings. The molecule has 4 rings (SSSR count). The number of benzene rings is 3. The summed E-state index contributed by atoms with van der Waals surface area (Å²) in [6.45, 7) is 8.94. The van der Waals surface area contributed by atoms with E-state index in [4.69, 9.17) is 4.74 Å². The first-order valence-electron chi connectivity index (χ1n) is 13.0. The molecule has 2 N–H and O–H groups in total. The minimum absolute atomic E-state index is 0.0899. The zero-order valence-corrected chi connectivity index (χ0v) is 22.4. The van der Waals surface area contributed by atoms with Crippen LogP contribution >= 0.6 is 0 Å². The van der Waals surface area contributed by atoms with Crippen LogP contribution in [-0.4, -0.2) is 30.9 Å². The normalized spacial score (nSPS) is 15.0. The van der Waals surface area contributed by atoms with Crippen LogP contribution in [0.4, 0.5) is 11.4 Å². The monoisotopic (exact) mass is 513 g/mol. The third-order valence-corrected chi connectivity index (χ3v) is 6.92. The highest BCUT2D eigenvalue weighted by Crippen LogP contribution is 2.27. The minimum atomic E-state index is -0.400. The number of hydrogen-bond acceptors (Lipinski definition) is 4. The third-order valence-electron chi connectivity index (χ3n) is 6.92. The molecule has 3 amide bonds. The van der Waals surface area contributed by atoms with Crippen molar-refractivity contribution in [2.24, 2.45) is 5.92 Å². The fourth-order valence-electron chi connectivity index (χ4n) is 4.37. The minimum Gasteiger partial charge on any atom is -0.484 e. The van der Waals surface area contributed by atoms with E-state index in [9.17, 15) is 14.4 Å². The largest absolute Gasteiger partial charge is 0.484 e. The van der Waals surface area contributed by atoms with Crippen LogP contribution in [0.5, 0.6) is 5.75 Å². The van der Waals surface area contributed by atoms with Crippen LogP contribution in [-0.2, 0) is 20.9 Å². The first kappa shape index (κ1) is 26.9. The molecule has 7 heteroatoms. The van der Waals surface area contributed by atoms with Crippen molar-refractivity contribution in [2.45, 2.75) is 46.6 Å². The molecule has 1 fully saturated rings. The molecule has 3 aromatic carbocycles. The van der Waals surface area contributed by atoms with E-state index in [0.717, 1.165) is 22.4 Å². The Hall–Kier alpha value is -4.13. The second kappa shape index (κ2) is 11.9. The van der Waals surface area contributed by atoms with Gasteiger partial charge in [0.15, 0.2) is 6.61 Å². The van der Waals surface area contributed by atoms with Gasteiger partial charge in [-0.25, -0.2) is 0 Å². The molecular weight excluding hydrogens is 478 g/mol. The molecule has 1 atom stereocenters. The zero-order valence-electron chi connectivity index (χ0n) is 22.4. The van der Waals surface area contributed by atoms with Crippen molar-refractivity contribution < 1.29 is 19.1 Å². The predicted molar refractivity (Wildman–Crippen MR) is 149 cm³/mol. The molecule has 0 aromatic heterocycles. The van der Waals surface area contributed by atoms with Crippen molar-refractivity contribution in [1.82, 2.24) is 5.32 Å². The SMILES string of the molecule is Cc1ccc(NC(=O)COc2ccc(N3C[C@H](C(=O)NCc4ccc(C(C)C)cc4)CC3=O)cc2)cc1C. The number of ether oxygens (including phenoxy) is 1. The number of carbonyl (C=O) groups excluding carboxylic acids is 3. The molecule has 1 saturated heterocycles. The second-order valence-corrected chi connectivity index (χ2v) is 10.1. The molecule has 1 aliphatic heterocycles. The summed E-state index contributed by atoms with van der Waals surface area (Å²) >= 11 is 0. The van der Waals surface area contributed by atoms with Gasteiger partial charge in [0, 0.05) is 30.9 Å². The van der Waals surface area contributed by atoms with Crippen LogP contribution in [0.25, 0.3) is 0 Å². The lowest BCUT2D eigenvalue weighted by molar-refractivity contribution is -0.126. The summed E-state index contributed by atoms with van der Waals surface area (Å²) in [4.78, 5) is 39.3. The summed E-state index contributed by atoms with van der Waals surface area (Å²) in [5.74, 6) is 0.117. The van der Waals surface area contributed by atoms with Crippen molar-refractivity contribution in [3.05, 3.63) is 89.0 Å². The quantitative estimate of drug-likeness (QED) is 0.416. The fraction of sp³-hybridized carbons (Fsp3) is 0.323. The van der Waals surface area contributed by atoms with Gasteiger partial charge in [0.1, 0.15) is 5.75 Å². The molecule has 198 valence electrons. The van der Waals surface area contributed by atoms with Gasteiger partial charge >= 0.3 is 0 Å². The first-order valence-corrected chi connectivity index (χ1v) is 13.0. The van der Waals surface area contributed by atoms with Crippen molar-refractivity contribution >= 4 is 29.1 Å². The van der Waals surface area contributed by atoms with E-state index in [-0.39, 0.29) is 30.7 Å². The van der Waals surface area contributed by atoms with E-state index in [1.54, 1.807) is 29.2 Å². The molecule has 0 unspecified atom stereocenters. The summed E-state index contributed by atoms with van der Waals surface area (Å²) in [5, 5.41) is 5.80. The maximum atomic E-state index is 12.7. The molecule has 1 aliphatic rings. The lowest BCUT2D eigenvalue weighted by Crippen LogP contribution is -2.32. The highest BCUT2D eigenvalue weighted by atomic mass is 16.5. The molecule has 0 spiro atoms. The average molecular weight is 514 g/mol. The Morgan fingerprint density at radius 3 is 2.34 bits per heavy atom. The topological polar surface area (TPSA) is 87.7 Å². The molecule has 0 bridgehead atoms. The van der Waals surface area contributed by atoms with E-state index >= 15 is 0 Å². The van der Waals surface area contributed by atoms with E-state index in [1.807, 2.05) is 44.2 Å². The average Bonchev–Trinajstić information content (AvgIpc) is 3.30. The number of hydrogen-bond donors (Lipinski definition) is 2. The van der Waals surface area contributed by atoms with Gasteiger partial charge in [-0.3, -0.25) is 14.4 Å². The predicted octanol–water partition coefficient (Wildman–Crippen LogP) is 5.11. The number of aryl methyl sites for hydroxylation is 2. The van der Waals surface area contributed by atoms with E-state index in [1.165, 1.54) is 5.56 Å². The fourth-order valence-corrected chi connectivity index (χ4v) is 4.37. The molecule has 1 heterocycles. The van der Waals surface area contributed by atoms with Gasteiger partial charge in [-0.1, -0.05) is 44.2 Å². The van der Waals surface area contributed by atoms with Gasteiger partial charge in [0.2, 0.25) is 11.8 Å². The number of nitrogens with zero attached hydrogens (tertiary/aromatic N) is 1. The van der Waals surface area contributed by atoms with Gasteiger partial charge in [0.25, 0.3) is 5.91 Å². The van der Waals surface area contributed by atoms with Crippen molar-refractivity contribution in [1.29, 1.82) is 0 Å². The summed E-state index contributed by atoms with van der Waals surface area (Å²) in [6, 6.07) is 20.9. The number of carbonyl (C=O) groups is 3. The Balaban J connectivity index is 1.25. The van der Waals surface area contributed by atoms with Crippen LogP contribution in [0, 0.1) is 19.8 Å². The smallest absolute Gasteiger partial charge is 0.262 e. The lowest BCUT2D eigenvalue weighted by atomic mass is 10.0. The number of anilines is 2. The Morgan fingerprint density at radius 2 is 1.68 bits per heavy atom. The van der Waals surface area contributed by atoms with E-state index in [0.29, 0.717) is 30.4 Å². The van der Waals surface area contributed by atoms with Crippen molar-refractivity contribution in [3.63, 3.8) is 0 Å². The summed E-state index contributed by atoms with van der Waals surface area (Å²) in [6.07, 6.45) is 0.176. The van der Waals surface area contributed by atoms with Gasteiger partial charge in [0.05, 0.1) is 5.92 Å². The maximum Gasteiger partial charge on any atom is 0.262 e. The van der Waals surface area contributed by atoms with Crippen LogP contribution < -0.4 is 20.3 Å². The third kappa shape index (κ3) is 6.79. The lowest BCUT2D eigenvalue weighted by Gasteiger charge is -2.17. The molecular formula is C31H35N3O4. The van der Waals surface area contributed by atoms with Gasteiger partial charge < -0.3 is 20.3 Å². The van der Waals surface area contributed by atoms with Crippen LogP contribution in [0.3, 0.4) is 0 Å². The van der Waals surface area contributed by atoms with Gasteiger partial charge in [-0.2, -0.15) is 0 Å². The standard InChI is InChI=1S/C31H35N3O4/c1-20(2)24-8-6-23(7-9-24)17-32-31(37)25-16-30(36)34(18-25)27-11-13-28(14-12-27)38-19-29(35)33-26-10-5-21(3)22(4)15-26/h5-15,20,25H,16-19H2,1-4H3,(H,32,37)(H,33,35)/t25-/m1/s1. The van der Waals surface area contributed by atoms with Gasteiger partial charge in [-0.15, -0.1) is 0 Å². The Bertz CT molecular complexity index is 1300.